The molecule has 2 fully saturated rings. The molecule has 1 aliphatic heterocycles. The maximum atomic E-state index is 12.3. The van der Waals surface area contributed by atoms with Gasteiger partial charge in [0.2, 0.25) is 0 Å². The van der Waals surface area contributed by atoms with Gasteiger partial charge in [0.25, 0.3) is 0 Å². The average molecular weight is 333 g/mol. The van der Waals surface area contributed by atoms with Crippen molar-refractivity contribution >= 4 is 12.0 Å². The van der Waals surface area contributed by atoms with E-state index in [1.165, 1.54) is 6.42 Å². The second kappa shape index (κ2) is 7.38. The van der Waals surface area contributed by atoms with Gasteiger partial charge in [0, 0.05) is 58.0 Å². The van der Waals surface area contributed by atoms with Gasteiger partial charge in [0.05, 0.1) is 18.4 Å². The van der Waals surface area contributed by atoms with Crippen molar-refractivity contribution in [3.05, 3.63) is 23.8 Å². The van der Waals surface area contributed by atoms with E-state index in [1.54, 1.807) is 12.4 Å². The maximum Gasteiger partial charge on any atom is 0.168 e. The first-order valence-electron chi connectivity index (χ1n) is 8.84. The van der Waals surface area contributed by atoms with Crippen molar-refractivity contribution in [2.24, 2.45) is 10.4 Å². The molecule has 2 N–H and O–H groups in total. The van der Waals surface area contributed by atoms with Crippen LogP contribution in [0, 0.1) is 5.41 Å². The van der Waals surface area contributed by atoms with Crippen LogP contribution < -0.4 is 0 Å². The molecule has 3 rings (SSSR count). The Morgan fingerprint density at radius 1 is 1.17 bits per heavy atom. The first-order valence-corrected chi connectivity index (χ1v) is 8.84. The Morgan fingerprint density at radius 2 is 1.92 bits per heavy atom. The van der Waals surface area contributed by atoms with E-state index in [2.05, 4.69) is 14.8 Å². The second-order valence-electron chi connectivity index (χ2n) is 7.20. The normalized spacial score (nSPS) is 25.2. The topological polar surface area (TPSA) is 76.4 Å². The summed E-state index contributed by atoms with van der Waals surface area (Å²) in [5, 5.41) is 19.0. The molecule has 132 valence electrons. The first kappa shape index (κ1) is 17.0. The predicted molar refractivity (Wildman–Crippen MR) is 93.3 cm³/mol. The lowest BCUT2D eigenvalue weighted by Crippen LogP contribution is -2.44. The number of hydrogen-bond donors (Lipinski definition) is 2. The summed E-state index contributed by atoms with van der Waals surface area (Å²) in [5.41, 5.74) is 0.478. The van der Waals surface area contributed by atoms with Crippen molar-refractivity contribution in [1.29, 1.82) is 0 Å². The molecule has 1 heterocycles. The van der Waals surface area contributed by atoms with E-state index in [0.717, 1.165) is 51.8 Å². The Kier molecular flexibility index (Phi) is 5.23. The highest BCUT2D eigenvalue weighted by atomic mass is 16.3. The quantitative estimate of drug-likeness (QED) is 0.595. The van der Waals surface area contributed by atoms with Gasteiger partial charge >= 0.3 is 0 Å². The molecule has 2 aliphatic carbocycles. The summed E-state index contributed by atoms with van der Waals surface area (Å²) in [6, 6.07) is 0. The van der Waals surface area contributed by atoms with Gasteiger partial charge in [-0.1, -0.05) is 6.42 Å². The van der Waals surface area contributed by atoms with Gasteiger partial charge in [-0.25, -0.2) is 0 Å². The molecule has 0 bridgehead atoms. The largest absolute Gasteiger partial charge is 0.514 e. The number of aliphatic hydroxyl groups is 2. The SMILES string of the molecule is O=C1CC2(CCC2)CC(O)=C1C=NCCN1CCN(/C=C/O)CC1. The molecule has 6 heteroatoms. The number of nitrogens with zero attached hydrogens (tertiary/aromatic N) is 3. The Hall–Kier alpha value is -1.82. The van der Waals surface area contributed by atoms with Gasteiger partial charge in [-0.05, 0) is 18.3 Å². The number of rotatable bonds is 5. The smallest absolute Gasteiger partial charge is 0.168 e. The number of aliphatic imine (C=N–C) groups is 1. The fraction of sp³-hybridized carbons (Fsp3) is 0.667. The van der Waals surface area contributed by atoms with Crippen LogP contribution in [0.5, 0.6) is 0 Å². The van der Waals surface area contributed by atoms with Gasteiger partial charge in [-0.3, -0.25) is 14.7 Å². The Morgan fingerprint density at radius 3 is 2.50 bits per heavy atom. The minimum Gasteiger partial charge on any atom is -0.514 e. The fourth-order valence-electron chi connectivity index (χ4n) is 3.87. The summed E-state index contributed by atoms with van der Waals surface area (Å²) in [6.45, 7) is 5.15. The van der Waals surface area contributed by atoms with Crippen LogP contribution in [-0.4, -0.2) is 71.3 Å². The average Bonchev–Trinajstić information content (AvgIpc) is 2.53. The molecule has 0 unspecified atom stereocenters. The van der Waals surface area contributed by atoms with Crippen LogP contribution in [0.1, 0.15) is 32.1 Å². The van der Waals surface area contributed by atoms with Gasteiger partial charge in [0.1, 0.15) is 5.76 Å². The highest BCUT2D eigenvalue weighted by Gasteiger charge is 2.43. The number of allylic oxidation sites excluding steroid dienone is 2. The third kappa shape index (κ3) is 3.80. The van der Waals surface area contributed by atoms with E-state index < -0.39 is 0 Å². The van der Waals surface area contributed by atoms with Gasteiger partial charge in [0.15, 0.2) is 5.78 Å². The summed E-state index contributed by atoms with van der Waals surface area (Å²) in [6.07, 6.45) is 8.86. The van der Waals surface area contributed by atoms with E-state index in [0.29, 0.717) is 25.0 Å². The van der Waals surface area contributed by atoms with Crippen LogP contribution in [0.3, 0.4) is 0 Å². The summed E-state index contributed by atoms with van der Waals surface area (Å²) < 4.78 is 0. The lowest BCUT2D eigenvalue weighted by atomic mass is 9.61. The monoisotopic (exact) mass is 333 g/mol. The number of hydrogen-bond acceptors (Lipinski definition) is 6. The highest BCUT2D eigenvalue weighted by molar-refractivity contribution is 6.14. The minimum atomic E-state index is 0.0478. The number of carbonyl (C=O) groups excluding carboxylic acids is 1. The highest BCUT2D eigenvalue weighted by Crippen LogP contribution is 2.51. The molecule has 3 aliphatic rings. The van der Waals surface area contributed by atoms with E-state index in [4.69, 9.17) is 5.11 Å². The van der Waals surface area contributed by atoms with Gasteiger partial charge < -0.3 is 15.1 Å². The Balaban J connectivity index is 1.45. The lowest BCUT2D eigenvalue weighted by Gasteiger charge is -2.43. The standard InChI is InChI=1S/C18H27N3O3/c22-11-10-21-8-6-20(7-9-21)5-4-19-14-15-16(23)12-18(2-1-3-18)13-17(15)24/h10-11,14,22-23H,1-9,12-13H2/b11-10+,19-14?. The third-order valence-corrected chi connectivity index (χ3v) is 5.55. The number of ketones is 1. The van der Waals surface area contributed by atoms with Crippen LogP contribution in [0.2, 0.25) is 0 Å². The third-order valence-electron chi connectivity index (χ3n) is 5.55. The maximum absolute atomic E-state index is 12.3. The number of piperazine rings is 1. The molecule has 6 nitrogen and oxygen atoms in total. The molecule has 0 atom stereocenters. The Bertz CT molecular complexity index is 556. The summed E-state index contributed by atoms with van der Waals surface area (Å²) in [7, 11) is 0. The molecule has 1 saturated carbocycles. The van der Waals surface area contributed by atoms with Crippen molar-refractivity contribution in [2.75, 3.05) is 39.3 Å². The zero-order chi connectivity index (χ0) is 17.0. The van der Waals surface area contributed by atoms with Gasteiger partial charge in [-0.15, -0.1) is 0 Å². The number of aliphatic hydroxyl groups excluding tert-OH is 2. The van der Waals surface area contributed by atoms with E-state index in [1.807, 2.05) is 0 Å². The van der Waals surface area contributed by atoms with E-state index >= 15 is 0 Å². The molecule has 0 aromatic rings. The zero-order valence-electron chi connectivity index (χ0n) is 14.2. The van der Waals surface area contributed by atoms with E-state index in [9.17, 15) is 9.90 Å². The Labute approximate surface area is 143 Å². The minimum absolute atomic E-state index is 0.0478. The number of Topliss-reactive ketones (excluding diaryl/α,β-unsaturated/α-hetero) is 1. The molecule has 1 spiro atoms. The molecule has 0 radical (unpaired) electrons. The molecule has 0 aromatic carbocycles. The lowest BCUT2D eigenvalue weighted by molar-refractivity contribution is -0.120. The zero-order valence-corrected chi connectivity index (χ0v) is 14.2. The van der Waals surface area contributed by atoms with Crippen LogP contribution >= 0.6 is 0 Å². The summed E-state index contributed by atoms with van der Waals surface area (Å²) >= 11 is 0. The number of carbonyl (C=O) groups is 1. The van der Waals surface area contributed by atoms with Crippen molar-refractivity contribution in [1.82, 2.24) is 9.80 Å². The van der Waals surface area contributed by atoms with Crippen molar-refractivity contribution in [3.8, 4) is 0 Å². The van der Waals surface area contributed by atoms with E-state index in [-0.39, 0.29) is 17.0 Å². The van der Waals surface area contributed by atoms with Crippen LogP contribution in [0.25, 0.3) is 0 Å². The molecule has 0 amide bonds. The molecule has 24 heavy (non-hydrogen) atoms. The van der Waals surface area contributed by atoms with Gasteiger partial charge in [-0.2, -0.15) is 0 Å². The van der Waals surface area contributed by atoms with Crippen molar-refractivity contribution < 1.29 is 15.0 Å². The van der Waals surface area contributed by atoms with Crippen LogP contribution in [-0.2, 0) is 4.79 Å². The molecule has 0 aromatic heterocycles. The molecule has 1 saturated heterocycles. The van der Waals surface area contributed by atoms with Crippen molar-refractivity contribution in [2.45, 2.75) is 32.1 Å². The van der Waals surface area contributed by atoms with Crippen molar-refractivity contribution in [3.63, 3.8) is 0 Å². The van der Waals surface area contributed by atoms with Crippen LogP contribution in [0.4, 0.5) is 0 Å². The second-order valence-corrected chi connectivity index (χ2v) is 7.20. The first-order chi connectivity index (χ1) is 11.6. The summed E-state index contributed by atoms with van der Waals surface area (Å²) in [5.74, 6) is 0.283. The fourth-order valence-corrected chi connectivity index (χ4v) is 3.87. The summed E-state index contributed by atoms with van der Waals surface area (Å²) in [4.78, 5) is 21.0. The van der Waals surface area contributed by atoms with Crippen LogP contribution in [0.15, 0.2) is 28.8 Å². The molecular weight excluding hydrogens is 306 g/mol. The predicted octanol–water partition coefficient (Wildman–Crippen LogP) is 2.05. The molecular formula is C18H27N3O3.